The molecule has 1 aromatic carbocycles. The fourth-order valence-electron chi connectivity index (χ4n) is 4.07. The van der Waals surface area contributed by atoms with Gasteiger partial charge in [0.15, 0.2) is 0 Å². The van der Waals surface area contributed by atoms with Gasteiger partial charge < -0.3 is 30.8 Å². The number of rotatable bonds is 16. The van der Waals surface area contributed by atoms with E-state index >= 15 is 0 Å². The van der Waals surface area contributed by atoms with Crippen molar-refractivity contribution in [1.29, 1.82) is 0 Å². The van der Waals surface area contributed by atoms with E-state index in [0.29, 0.717) is 17.0 Å². The number of carbonyl (C=O) groups is 5. The van der Waals surface area contributed by atoms with Gasteiger partial charge in [-0.25, -0.2) is 9.59 Å². The average molecular weight is 626 g/mol. The van der Waals surface area contributed by atoms with Gasteiger partial charge in [0, 0.05) is 12.2 Å². The van der Waals surface area contributed by atoms with E-state index < -0.39 is 71.9 Å². The Hall–Kier alpha value is -3.16. The number of carboxylic acids is 1. The highest BCUT2D eigenvalue weighted by Gasteiger charge is 2.59. The molecule has 13 heteroatoms. The lowest BCUT2D eigenvalue weighted by molar-refractivity contribution is -0.232. The smallest absolute Gasteiger partial charge is 0.346 e. The van der Waals surface area contributed by atoms with E-state index in [1.165, 1.54) is 18.7 Å². The number of nitrogens with zero attached hydrogens (tertiary/aromatic N) is 1. The average Bonchev–Trinajstić information content (AvgIpc) is 2.92. The van der Waals surface area contributed by atoms with Crippen molar-refractivity contribution in [2.24, 2.45) is 11.7 Å². The quantitative estimate of drug-likeness (QED) is 0.120. The van der Waals surface area contributed by atoms with Crippen LogP contribution in [-0.2, 0) is 40.0 Å². The SMILES string of the molecule is CCCC[C@H](C)[C@@H](O)CC(=O)ON(C(=O)[C@@H](N)CSC)[C@@](Cc1ccccc1)(C(=O)N[C@@H](C)C(=O)O)C(=O)OC(C)(C)C. The molecule has 0 aliphatic heterocycles. The fourth-order valence-corrected chi connectivity index (χ4v) is 4.57. The second kappa shape index (κ2) is 17.2. The number of hydrogen-bond acceptors (Lipinski definition) is 10. The molecule has 0 spiro atoms. The molecule has 0 aromatic heterocycles. The molecular formula is C30H47N3O9S. The van der Waals surface area contributed by atoms with Crippen molar-refractivity contribution in [1.82, 2.24) is 10.4 Å². The van der Waals surface area contributed by atoms with E-state index in [0.717, 1.165) is 12.8 Å². The maximum absolute atomic E-state index is 14.1. The van der Waals surface area contributed by atoms with E-state index in [1.54, 1.807) is 64.3 Å². The summed E-state index contributed by atoms with van der Waals surface area (Å²) in [6.45, 7) is 9.57. The molecule has 0 unspecified atom stereocenters. The maximum Gasteiger partial charge on any atom is 0.346 e. The summed E-state index contributed by atoms with van der Waals surface area (Å²) in [6.07, 6.45) is 1.79. The fraction of sp³-hybridized carbons (Fsp3) is 0.633. The van der Waals surface area contributed by atoms with Crippen molar-refractivity contribution in [3.8, 4) is 0 Å². The summed E-state index contributed by atoms with van der Waals surface area (Å²) in [4.78, 5) is 72.7. The van der Waals surface area contributed by atoms with Crippen molar-refractivity contribution in [3.63, 3.8) is 0 Å². The van der Waals surface area contributed by atoms with Crippen LogP contribution in [0.2, 0.25) is 0 Å². The molecule has 43 heavy (non-hydrogen) atoms. The van der Waals surface area contributed by atoms with E-state index in [9.17, 15) is 34.2 Å². The molecule has 12 nitrogen and oxygen atoms in total. The number of esters is 1. The number of carboxylic acid groups (broad SMARTS) is 1. The molecule has 0 aliphatic rings. The van der Waals surface area contributed by atoms with Crippen LogP contribution in [0.1, 0.15) is 72.8 Å². The molecule has 0 radical (unpaired) electrons. The van der Waals surface area contributed by atoms with Crippen molar-refractivity contribution >= 4 is 41.5 Å². The predicted octanol–water partition coefficient (Wildman–Crippen LogP) is 2.45. The second-order valence-electron chi connectivity index (χ2n) is 11.6. The van der Waals surface area contributed by atoms with Crippen LogP contribution in [0.15, 0.2) is 30.3 Å². The number of thioether (sulfide) groups is 1. The first-order valence-electron chi connectivity index (χ1n) is 14.3. The number of nitrogens with two attached hydrogens (primary N) is 1. The Morgan fingerprint density at radius 2 is 1.70 bits per heavy atom. The first-order valence-corrected chi connectivity index (χ1v) is 15.7. The molecular weight excluding hydrogens is 578 g/mol. The van der Waals surface area contributed by atoms with Crippen molar-refractivity contribution in [2.45, 2.75) is 103 Å². The molecule has 1 aromatic rings. The largest absolute Gasteiger partial charge is 0.480 e. The van der Waals surface area contributed by atoms with Crippen LogP contribution in [0.25, 0.3) is 0 Å². The highest BCUT2D eigenvalue weighted by atomic mass is 32.2. The van der Waals surface area contributed by atoms with E-state index in [-0.39, 0.29) is 11.7 Å². The summed E-state index contributed by atoms with van der Waals surface area (Å²) in [5, 5.41) is 22.8. The lowest BCUT2D eigenvalue weighted by Gasteiger charge is -2.41. The van der Waals surface area contributed by atoms with Gasteiger partial charge in [0.1, 0.15) is 11.6 Å². The standard InChI is InChI=1S/C30H47N3O9S/c1-8-9-13-19(2)23(34)16-24(35)42-33(25(36)22(31)18-43-7)30(28(40)41-29(4,5)6,17-21-14-11-10-12-15-21)27(39)32-20(3)26(37)38/h10-12,14-15,19-20,22-23,34H,8-9,13,16-18,31H2,1-7H3,(H,32,39)(H,37,38)/t19-,20-,22-,23-,30-/m0/s1. The van der Waals surface area contributed by atoms with Crippen LogP contribution in [0.3, 0.4) is 0 Å². The predicted molar refractivity (Wildman–Crippen MR) is 163 cm³/mol. The van der Waals surface area contributed by atoms with Crippen LogP contribution in [0, 0.1) is 5.92 Å². The molecule has 2 amide bonds. The summed E-state index contributed by atoms with van der Waals surface area (Å²) in [7, 11) is 0. The Bertz CT molecular complexity index is 1100. The highest BCUT2D eigenvalue weighted by Crippen LogP contribution is 2.29. The Kier molecular flexibility index (Phi) is 15.2. The van der Waals surface area contributed by atoms with Gasteiger partial charge in [-0.1, -0.05) is 57.0 Å². The molecule has 0 saturated heterocycles. The summed E-state index contributed by atoms with van der Waals surface area (Å²) < 4.78 is 5.63. The zero-order valence-electron chi connectivity index (χ0n) is 26.1. The molecule has 0 bridgehead atoms. The number of unbranched alkanes of at least 4 members (excludes halogenated alkanes) is 1. The van der Waals surface area contributed by atoms with Crippen LogP contribution in [0.4, 0.5) is 0 Å². The second-order valence-corrected chi connectivity index (χ2v) is 12.5. The maximum atomic E-state index is 14.1. The van der Waals surface area contributed by atoms with Crippen LogP contribution in [-0.4, -0.2) is 86.3 Å². The van der Waals surface area contributed by atoms with Crippen LogP contribution < -0.4 is 11.1 Å². The number of ether oxygens (including phenoxy) is 1. The minimum absolute atomic E-state index is 0.0342. The van der Waals surface area contributed by atoms with Crippen LogP contribution in [0.5, 0.6) is 0 Å². The number of aliphatic carboxylic acids is 1. The number of nitrogens with one attached hydrogen (secondary N) is 1. The Morgan fingerprint density at radius 3 is 2.21 bits per heavy atom. The molecule has 5 N–H and O–H groups in total. The van der Waals surface area contributed by atoms with Crippen molar-refractivity contribution in [3.05, 3.63) is 35.9 Å². The first kappa shape index (κ1) is 37.9. The van der Waals surface area contributed by atoms with Crippen molar-refractivity contribution in [2.75, 3.05) is 12.0 Å². The summed E-state index contributed by atoms with van der Waals surface area (Å²) in [5.41, 5.74) is 2.60. The number of aliphatic hydroxyl groups excluding tert-OH is 1. The van der Waals surface area contributed by atoms with Crippen molar-refractivity contribution < 1.29 is 43.8 Å². The third kappa shape index (κ3) is 11.5. The third-order valence-electron chi connectivity index (χ3n) is 6.58. The zero-order chi connectivity index (χ0) is 33.0. The summed E-state index contributed by atoms with van der Waals surface area (Å²) in [5.74, 6) is -6.37. The summed E-state index contributed by atoms with van der Waals surface area (Å²) >= 11 is 1.21. The Balaban J connectivity index is 3.88. The molecule has 0 fully saturated rings. The number of benzene rings is 1. The third-order valence-corrected chi connectivity index (χ3v) is 7.27. The van der Waals surface area contributed by atoms with Gasteiger partial charge in [0.05, 0.1) is 18.6 Å². The van der Waals surface area contributed by atoms with Gasteiger partial charge in [0.2, 0.25) is 0 Å². The van der Waals surface area contributed by atoms with E-state index in [2.05, 4.69) is 5.32 Å². The molecule has 242 valence electrons. The number of aliphatic hydroxyl groups is 1. The van der Waals surface area contributed by atoms with Crippen LogP contribution >= 0.6 is 11.8 Å². The van der Waals surface area contributed by atoms with Gasteiger partial charge in [-0.05, 0) is 51.9 Å². The summed E-state index contributed by atoms with van der Waals surface area (Å²) in [6, 6.07) is 5.30. The minimum atomic E-state index is -2.74. The van der Waals surface area contributed by atoms with Gasteiger partial charge >= 0.3 is 17.9 Å². The van der Waals surface area contributed by atoms with E-state index in [1.807, 2.05) is 6.92 Å². The Morgan fingerprint density at radius 1 is 1.09 bits per heavy atom. The minimum Gasteiger partial charge on any atom is -0.480 e. The number of hydrogen-bond donors (Lipinski definition) is 4. The molecule has 0 aliphatic carbocycles. The topological polar surface area (TPSA) is 186 Å². The number of amides is 2. The monoisotopic (exact) mass is 625 g/mol. The lowest BCUT2D eigenvalue weighted by Crippen LogP contribution is -2.70. The molecule has 0 heterocycles. The molecule has 1 rings (SSSR count). The van der Waals surface area contributed by atoms with E-state index in [4.69, 9.17) is 15.3 Å². The molecule has 5 atom stereocenters. The lowest BCUT2D eigenvalue weighted by atomic mass is 9.87. The van der Waals surface area contributed by atoms with Gasteiger partial charge in [-0.3, -0.25) is 14.4 Å². The normalized spacial score (nSPS) is 15.7. The van der Waals surface area contributed by atoms with Gasteiger partial charge in [-0.15, -0.1) is 5.06 Å². The zero-order valence-corrected chi connectivity index (χ0v) is 26.9. The highest BCUT2D eigenvalue weighted by molar-refractivity contribution is 7.98. The number of hydroxylamine groups is 2. The molecule has 0 saturated carbocycles. The van der Waals surface area contributed by atoms with Gasteiger partial charge in [0.25, 0.3) is 17.4 Å². The Labute approximate surface area is 258 Å². The first-order chi connectivity index (χ1) is 20.0. The van der Waals surface area contributed by atoms with Gasteiger partial charge in [-0.2, -0.15) is 11.8 Å². The number of carbonyl (C=O) groups excluding carboxylic acids is 4.